The summed E-state index contributed by atoms with van der Waals surface area (Å²) in [6.07, 6.45) is 4.15. The monoisotopic (exact) mass is 176 g/mol. The molecule has 2 rings (SSSR count). The SMILES string of the molecule is Cc1cncc2c1CN(C)C(=O)C2. The summed E-state index contributed by atoms with van der Waals surface area (Å²) in [5, 5.41) is 0. The lowest BCUT2D eigenvalue weighted by Gasteiger charge is -2.25. The summed E-state index contributed by atoms with van der Waals surface area (Å²) in [5.74, 6) is 0.180. The Morgan fingerprint density at radius 2 is 2.23 bits per heavy atom. The molecule has 68 valence electrons. The van der Waals surface area contributed by atoms with E-state index in [9.17, 15) is 4.79 Å². The molecule has 1 amide bonds. The number of aromatic nitrogens is 1. The first kappa shape index (κ1) is 8.23. The predicted octanol–water partition coefficient (Wildman–Crippen LogP) is 0.905. The molecule has 0 aromatic carbocycles. The van der Waals surface area contributed by atoms with Crippen LogP contribution >= 0.6 is 0 Å². The van der Waals surface area contributed by atoms with Crippen LogP contribution in [0, 0.1) is 6.92 Å². The largest absolute Gasteiger partial charge is 0.341 e. The van der Waals surface area contributed by atoms with Gasteiger partial charge in [0.15, 0.2) is 0 Å². The molecule has 0 aliphatic carbocycles. The van der Waals surface area contributed by atoms with E-state index in [4.69, 9.17) is 0 Å². The van der Waals surface area contributed by atoms with Gasteiger partial charge in [0.1, 0.15) is 0 Å². The van der Waals surface area contributed by atoms with Gasteiger partial charge < -0.3 is 4.90 Å². The number of hydrogen-bond donors (Lipinski definition) is 0. The van der Waals surface area contributed by atoms with Gasteiger partial charge in [0.25, 0.3) is 0 Å². The third kappa shape index (κ3) is 1.30. The van der Waals surface area contributed by atoms with Crippen molar-refractivity contribution in [2.24, 2.45) is 0 Å². The van der Waals surface area contributed by atoms with Crippen molar-refractivity contribution in [1.82, 2.24) is 9.88 Å². The summed E-state index contributed by atoms with van der Waals surface area (Å²) in [6, 6.07) is 0. The maximum atomic E-state index is 11.4. The van der Waals surface area contributed by atoms with Crippen LogP contribution in [0.4, 0.5) is 0 Å². The molecule has 13 heavy (non-hydrogen) atoms. The highest BCUT2D eigenvalue weighted by molar-refractivity contribution is 5.80. The lowest BCUT2D eigenvalue weighted by molar-refractivity contribution is -0.130. The molecule has 2 heterocycles. The molecule has 0 unspecified atom stereocenters. The summed E-state index contributed by atoms with van der Waals surface area (Å²) >= 11 is 0. The summed E-state index contributed by atoms with van der Waals surface area (Å²) in [5.41, 5.74) is 3.53. The van der Waals surface area contributed by atoms with Crippen LogP contribution in [0.1, 0.15) is 16.7 Å². The van der Waals surface area contributed by atoms with Crippen molar-refractivity contribution in [3.05, 3.63) is 29.1 Å². The molecule has 0 atom stereocenters. The number of carbonyl (C=O) groups is 1. The zero-order valence-corrected chi connectivity index (χ0v) is 7.87. The first-order valence-corrected chi connectivity index (χ1v) is 4.35. The number of rotatable bonds is 0. The van der Waals surface area contributed by atoms with Crippen LogP contribution in [0.2, 0.25) is 0 Å². The van der Waals surface area contributed by atoms with Gasteiger partial charge in [-0.05, 0) is 23.6 Å². The van der Waals surface area contributed by atoms with Crippen molar-refractivity contribution in [2.45, 2.75) is 19.9 Å². The fourth-order valence-electron chi connectivity index (χ4n) is 1.65. The van der Waals surface area contributed by atoms with Gasteiger partial charge in [0, 0.05) is 26.0 Å². The minimum atomic E-state index is 0.180. The molecule has 0 spiro atoms. The van der Waals surface area contributed by atoms with Crippen LogP contribution in [0.3, 0.4) is 0 Å². The molecule has 0 bridgehead atoms. The third-order valence-corrected chi connectivity index (χ3v) is 2.52. The Hall–Kier alpha value is -1.38. The normalized spacial score (nSPS) is 15.8. The van der Waals surface area contributed by atoms with E-state index < -0.39 is 0 Å². The van der Waals surface area contributed by atoms with Gasteiger partial charge in [-0.1, -0.05) is 0 Å². The Morgan fingerprint density at radius 3 is 3.00 bits per heavy atom. The summed E-state index contributed by atoms with van der Waals surface area (Å²) in [7, 11) is 1.84. The maximum absolute atomic E-state index is 11.4. The van der Waals surface area contributed by atoms with Gasteiger partial charge in [0.05, 0.1) is 6.42 Å². The summed E-state index contributed by atoms with van der Waals surface area (Å²) < 4.78 is 0. The third-order valence-electron chi connectivity index (χ3n) is 2.52. The van der Waals surface area contributed by atoms with Crippen LogP contribution in [0.25, 0.3) is 0 Å². The molecule has 0 radical (unpaired) electrons. The number of amides is 1. The number of likely N-dealkylation sites (N-methyl/N-ethyl adjacent to an activating group) is 1. The van der Waals surface area contributed by atoms with E-state index in [1.54, 1.807) is 11.1 Å². The first-order chi connectivity index (χ1) is 6.18. The number of hydrogen-bond acceptors (Lipinski definition) is 2. The summed E-state index contributed by atoms with van der Waals surface area (Å²) in [6.45, 7) is 2.76. The average molecular weight is 176 g/mol. The second kappa shape index (κ2) is 2.83. The van der Waals surface area contributed by atoms with Gasteiger partial charge in [-0.25, -0.2) is 0 Å². The molecular formula is C10H12N2O. The molecule has 0 saturated carbocycles. The van der Waals surface area contributed by atoms with Crippen LogP contribution in [-0.2, 0) is 17.8 Å². The maximum Gasteiger partial charge on any atom is 0.227 e. The van der Waals surface area contributed by atoms with Crippen molar-refractivity contribution >= 4 is 5.91 Å². The minimum absolute atomic E-state index is 0.180. The molecule has 0 N–H and O–H groups in total. The van der Waals surface area contributed by atoms with Crippen LogP contribution < -0.4 is 0 Å². The topological polar surface area (TPSA) is 33.2 Å². The highest BCUT2D eigenvalue weighted by atomic mass is 16.2. The Morgan fingerprint density at radius 1 is 1.46 bits per heavy atom. The highest BCUT2D eigenvalue weighted by Gasteiger charge is 2.20. The molecular weight excluding hydrogens is 164 g/mol. The van der Waals surface area contributed by atoms with Gasteiger partial charge in [0.2, 0.25) is 5.91 Å². The molecule has 1 aromatic rings. The average Bonchev–Trinajstić information content (AvgIpc) is 2.09. The highest BCUT2D eigenvalue weighted by Crippen LogP contribution is 2.20. The standard InChI is InChI=1S/C10H12N2O/c1-7-4-11-5-8-3-10(13)12(2)6-9(7)8/h4-5H,3,6H2,1-2H3. The second-order valence-corrected chi connectivity index (χ2v) is 3.52. The number of pyridine rings is 1. The molecule has 1 aromatic heterocycles. The van der Waals surface area contributed by atoms with E-state index in [-0.39, 0.29) is 5.91 Å². The summed E-state index contributed by atoms with van der Waals surface area (Å²) in [4.78, 5) is 17.2. The van der Waals surface area contributed by atoms with E-state index in [1.807, 2.05) is 20.2 Å². The Kier molecular flexibility index (Phi) is 1.79. The van der Waals surface area contributed by atoms with Gasteiger partial charge >= 0.3 is 0 Å². The van der Waals surface area contributed by atoms with Crippen molar-refractivity contribution in [3.8, 4) is 0 Å². The molecule has 1 aliphatic rings. The van der Waals surface area contributed by atoms with Gasteiger partial charge in [-0.2, -0.15) is 0 Å². The van der Waals surface area contributed by atoms with Crippen molar-refractivity contribution in [3.63, 3.8) is 0 Å². The number of nitrogens with zero attached hydrogens (tertiary/aromatic N) is 2. The Balaban J connectivity index is 2.48. The minimum Gasteiger partial charge on any atom is -0.341 e. The van der Waals surface area contributed by atoms with Crippen molar-refractivity contribution in [2.75, 3.05) is 7.05 Å². The smallest absolute Gasteiger partial charge is 0.227 e. The molecule has 0 saturated heterocycles. The number of aryl methyl sites for hydroxylation is 1. The van der Waals surface area contributed by atoms with Crippen LogP contribution in [0.5, 0.6) is 0 Å². The predicted molar refractivity (Wildman–Crippen MR) is 49.2 cm³/mol. The van der Waals surface area contributed by atoms with Gasteiger partial charge in [-0.3, -0.25) is 9.78 Å². The Bertz CT molecular complexity index is 360. The van der Waals surface area contributed by atoms with E-state index in [0.717, 1.165) is 12.1 Å². The quantitative estimate of drug-likeness (QED) is 0.588. The van der Waals surface area contributed by atoms with E-state index in [2.05, 4.69) is 4.98 Å². The van der Waals surface area contributed by atoms with E-state index in [0.29, 0.717) is 6.42 Å². The zero-order valence-electron chi connectivity index (χ0n) is 7.87. The van der Waals surface area contributed by atoms with E-state index in [1.165, 1.54) is 11.1 Å². The molecule has 3 nitrogen and oxygen atoms in total. The Labute approximate surface area is 77.4 Å². The fourth-order valence-corrected chi connectivity index (χ4v) is 1.65. The molecule has 3 heteroatoms. The van der Waals surface area contributed by atoms with Crippen LogP contribution in [-0.4, -0.2) is 22.8 Å². The van der Waals surface area contributed by atoms with E-state index >= 15 is 0 Å². The molecule has 0 fully saturated rings. The second-order valence-electron chi connectivity index (χ2n) is 3.52. The van der Waals surface area contributed by atoms with Crippen molar-refractivity contribution in [1.29, 1.82) is 0 Å². The fraction of sp³-hybridized carbons (Fsp3) is 0.400. The lowest BCUT2D eigenvalue weighted by atomic mass is 9.98. The van der Waals surface area contributed by atoms with Crippen molar-refractivity contribution < 1.29 is 4.79 Å². The van der Waals surface area contributed by atoms with Crippen LogP contribution in [0.15, 0.2) is 12.4 Å². The van der Waals surface area contributed by atoms with Gasteiger partial charge in [-0.15, -0.1) is 0 Å². The number of fused-ring (bicyclic) bond motifs is 1. The lowest BCUT2D eigenvalue weighted by Crippen LogP contribution is -2.33. The first-order valence-electron chi connectivity index (χ1n) is 4.35. The molecule has 1 aliphatic heterocycles. The zero-order chi connectivity index (χ0) is 9.42. The number of carbonyl (C=O) groups excluding carboxylic acids is 1.